The van der Waals surface area contributed by atoms with E-state index in [0.29, 0.717) is 0 Å². The van der Waals surface area contributed by atoms with E-state index in [1.54, 1.807) is 41.5 Å². The molecule has 0 aliphatic carbocycles. The number of aliphatic hydroxyl groups is 3. The third kappa shape index (κ3) is 22.2. The van der Waals surface area contributed by atoms with Crippen molar-refractivity contribution in [2.24, 2.45) is 0 Å². The molecule has 168 valence electrons. The zero-order valence-corrected chi connectivity index (χ0v) is 22.2. The molecule has 0 saturated heterocycles. The van der Waals surface area contributed by atoms with Crippen LogP contribution < -0.4 is 4.98 Å². The van der Waals surface area contributed by atoms with Gasteiger partial charge in [0, 0.05) is 40.0 Å². The van der Waals surface area contributed by atoms with Crippen molar-refractivity contribution in [3.05, 3.63) is 23.5 Å². The molecule has 0 bridgehead atoms. The molecule has 0 unspecified atom stereocenters. The Bertz CT molecular complexity index is 399. The van der Waals surface area contributed by atoms with E-state index in [0.717, 1.165) is 12.8 Å². The maximum absolute atomic E-state index is 8.06. The van der Waals surface area contributed by atoms with E-state index in [4.69, 9.17) is 20.3 Å². The summed E-state index contributed by atoms with van der Waals surface area (Å²) in [5, 5.41) is 24.2. The molecule has 0 aliphatic rings. The fraction of sp³-hybridized carbons (Fsp3) is 0.826. The molecule has 0 amide bonds. The molecule has 4 nitrogen and oxygen atoms in total. The second-order valence-electron chi connectivity index (χ2n) is 8.97. The van der Waals surface area contributed by atoms with Gasteiger partial charge in [0.05, 0.1) is 0 Å². The molecule has 1 aromatic rings. The summed E-state index contributed by atoms with van der Waals surface area (Å²) in [7, 11) is 0. The Morgan fingerprint density at radius 2 is 0.857 bits per heavy atom. The van der Waals surface area contributed by atoms with Gasteiger partial charge in [0.1, 0.15) is 0 Å². The summed E-state index contributed by atoms with van der Waals surface area (Å²) < 4.78 is 0. The van der Waals surface area contributed by atoms with Crippen LogP contribution in [0.5, 0.6) is 0 Å². The first kappa shape index (κ1) is 35.3. The van der Waals surface area contributed by atoms with Crippen LogP contribution in [-0.4, -0.2) is 33.6 Å². The second kappa shape index (κ2) is 17.7. The van der Waals surface area contributed by atoms with Crippen LogP contribution >= 0.6 is 0 Å². The second-order valence-corrected chi connectivity index (χ2v) is 8.97. The van der Waals surface area contributed by atoms with Crippen molar-refractivity contribution in [3.63, 3.8) is 0 Å². The quantitative estimate of drug-likeness (QED) is 0.571. The van der Waals surface area contributed by atoms with Crippen LogP contribution in [0.4, 0.5) is 0 Å². The van der Waals surface area contributed by atoms with Gasteiger partial charge in [0.2, 0.25) is 0 Å². The van der Waals surface area contributed by atoms with Crippen LogP contribution in [-0.2, 0) is 32.5 Å². The van der Waals surface area contributed by atoms with Crippen molar-refractivity contribution in [3.8, 4) is 0 Å². The minimum atomic E-state index is -0.167. The molecule has 0 aliphatic heterocycles. The fourth-order valence-corrected chi connectivity index (χ4v) is 1.48. The van der Waals surface area contributed by atoms with Gasteiger partial charge < -0.3 is 20.3 Å². The van der Waals surface area contributed by atoms with Gasteiger partial charge in [-0.05, 0) is 65.2 Å². The van der Waals surface area contributed by atoms with E-state index in [1.807, 2.05) is 0 Å². The normalized spacial score (nSPS) is 10.9. The molecule has 3 N–H and O–H groups in total. The van der Waals surface area contributed by atoms with E-state index in [9.17, 15) is 0 Å². The summed E-state index contributed by atoms with van der Waals surface area (Å²) in [6.45, 7) is 23.8. The van der Waals surface area contributed by atoms with Gasteiger partial charge in [-0.2, -0.15) is 11.4 Å². The van der Waals surface area contributed by atoms with Crippen LogP contribution in [0.15, 0.2) is 12.1 Å². The number of aliphatic hydroxyl groups excluding tert-OH is 3. The van der Waals surface area contributed by atoms with Gasteiger partial charge in [-0.3, -0.25) is 0 Å². The smallest absolute Gasteiger partial charge is 0.0483 e. The van der Waals surface area contributed by atoms with Gasteiger partial charge >= 0.3 is 0 Å². The van der Waals surface area contributed by atoms with Gasteiger partial charge in [-0.25, -0.2) is 0 Å². The first-order chi connectivity index (χ1) is 12.0. The third-order valence-electron chi connectivity index (χ3n) is 3.79. The minimum Gasteiger partial charge on any atom is -0.664 e. The first-order valence-corrected chi connectivity index (χ1v) is 10.2. The molecular formula is C23H48NO3Ti-. The topological polar surface area (TPSA) is 74.8 Å². The van der Waals surface area contributed by atoms with E-state index >= 15 is 0 Å². The molecule has 0 aromatic carbocycles. The zero-order valence-electron chi connectivity index (χ0n) is 20.6. The average molecular weight is 435 g/mol. The van der Waals surface area contributed by atoms with E-state index in [2.05, 4.69) is 53.7 Å². The molecule has 0 spiro atoms. The van der Waals surface area contributed by atoms with E-state index < -0.39 is 0 Å². The van der Waals surface area contributed by atoms with Crippen LogP contribution in [0.25, 0.3) is 0 Å². The van der Waals surface area contributed by atoms with Gasteiger partial charge in [-0.15, -0.1) is 0 Å². The summed E-state index contributed by atoms with van der Waals surface area (Å²) in [6.07, 6.45) is 1.77. The molecule has 1 rings (SSSR count). The van der Waals surface area contributed by atoms with Crippen LogP contribution in [0.1, 0.15) is 107 Å². The van der Waals surface area contributed by atoms with Gasteiger partial charge in [-0.1, -0.05) is 53.7 Å². The molecule has 0 fully saturated rings. The Kier molecular flexibility index (Phi) is 22.3. The van der Waals surface area contributed by atoms with Gasteiger partial charge in [0.25, 0.3) is 0 Å². The summed E-state index contributed by atoms with van der Waals surface area (Å²) in [5.74, 6) is 0. The van der Waals surface area contributed by atoms with E-state index in [-0.39, 0.29) is 50.9 Å². The van der Waals surface area contributed by atoms with Crippen LogP contribution in [0, 0.1) is 0 Å². The van der Waals surface area contributed by atoms with Crippen molar-refractivity contribution in [2.75, 3.05) is 0 Å². The number of aromatic nitrogens is 1. The predicted octanol–water partition coefficient (Wildman–Crippen LogP) is 5.18. The average Bonchev–Trinajstić information content (AvgIpc) is 2.97. The third-order valence-corrected chi connectivity index (χ3v) is 3.79. The SMILES string of the molecule is CC(C)O.CC(C)O.CC(C)O.CCC(C)(C)c1ccc(C(C)(C)CC)[n-]1.[Ti]. The van der Waals surface area contributed by atoms with Crippen molar-refractivity contribution in [1.82, 2.24) is 4.98 Å². The van der Waals surface area contributed by atoms with E-state index in [1.165, 1.54) is 11.4 Å². The number of hydrogen-bond donors (Lipinski definition) is 3. The standard InChI is InChI=1S/C14H24N.3C3H8O.Ti/c1-7-13(3,4)11-9-10-12(15-11)14(5,6)8-2;3*1-3(2)4;/h9-10H,7-8H2,1-6H3;3*3-4H,1-2H3;/q-1;;;;. The Hall–Kier alpha value is -0.126. The molecule has 0 atom stereocenters. The Morgan fingerprint density at radius 3 is 1.00 bits per heavy atom. The minimum absolute atomic E-state index is 0. The number of rotatable bonds is 4. The molecule has 1 heterocycles. The molecule has 1 aromatic heterocycles. The summed E-state index contributed by atoms with van der Waals surface area (Å²) >= 11 is 0. The van der Waals surface area contributed by atoms with Crippen molar-refractivity contribution in [1.29, 1.82) is 0 Å². The molecular weight excluding hydrogens is 386 g/mol. The fourth-order valence-electron chi connectivity index (χ4n) is 1.48. The monoisotopic (exact) mass is 434 g/mol. The Morgan fingerprint density at radius 1 is 0.679 bits per heavy atom. The summed E-state index contributed by atoms with van der Waals surface area (Å²) in [6, 6.07) is 4.38. The van der Waals surface area contributed by atoms with Gasteiger partial charge in [0.15, 0.2) is 0 Å². The molecule has 5 heteroatoms. The van der Waals surface area contributed by atoms with Crippen molar-refractivity contribution in [2.45, 2.75) is 125 Å². The van der Waals surface area contributed by atoms with Crippen molar-refractivity contribution < 1.29 is 37.0 Å². The predicted molar refractivity (Wildman–Crippen MR) is 118 cm³/mol. The van der Waals surface area contributed by atoms with Crippen LogP contribution in [0.3, 0.4) is 0 Å². The Balaban J connectivity index is -0.000000183. The Labute approximate surface area is 190 Å². The molecule has 28 heavy (non-hydrogen) atoms. The van der Waals surface area contributed by atoms with Crippen molar-refractivity contribution >= 4 is 0 Å². The zero-order chi connectivity index (χ0) is 22.4. The summed E-state index contributed by atoms with van der Waals surface area (Å²) in [5.41, 5.74) is 2.90. The largest absolute Gasteiger partial charge is 0.664 e. The maximum atomic E-state index is 8.06. The number of hydrogen-bond acceptors (Lipinski definition) is 3. The van der Waals surface area contributed by atoms with Crippen LogP contribution in [0.2, 0.25) is 0 Å². The molecule has 0 radical (unpaired) electrons. The maximum Gasteiger partial charge on any atom is 0.0483 e. The number of nitrogens with zero attached hydrogens (tertiary/aromatic N) is 1. The first-order valence-electron chi connectivity index (χ1n) is 10.2. The molecule has 0 saturated carbocycles. The summed E-state index contributed by atoms with van der Waals surface area (Å²) in [4.78, 5) is 4.80.